The maximum Gasteiger partial charge on any atom is 0.0631 e. The van der Waals surface area contributed by atoms with Crippen molar-refractivity contribution >= 4 is 0 Å². The van der Waals surface area contributed by atoms with Gasteiger partial charge in [0, 0.05) is 5.92 Å². The van der Waals surface area contributed by atoms with Gasteiger partial charge in [-0.15, -0.1) is 0 Å². The van der Waals surface area contributed by atoms with Crippen LogP contribution in [0.2, 0.25) is 0 Å². The van der Waals surface area contributed by atoms with E-state index in [1.54, 1.807) is 0 Å². The second kappa shape index (κ2) is 4.34. The van der Waals surface area contributed by atoms with Crippen LogP contribution in [0.3, 0.4) is 0 Å². The van der Waals surface area contributed by atoms with Gasteiger partial charge in [0.05, 0.1) is 6.10 Å². The van der Waals surface area contributed by atoms with Gasteiger partial charge in [-0.1, -0.05) is 30.7 Å². The van der Waals surface area contributed by atoms with Crippen molar-refractivity contribution in [1.29, 1.82) is 0 Å². The zero-order chi connectivity index (χ0) is 9.80. The van der Waals surface area contributed by atoms with E-state index in [9.17, 15) is 5.11 Å². The third kappa shape index (κ3) is 2.18. The molecule has 0 bridgehead atoms. The number of aryl methyl sites for hydroxylation is 1. The number of hydrogen-bond donors (Lipinski definition) is 1. The molecule has 1 heteroatoms. The Kier molecular flexibility index (Phi) is 2.90. The summed E-state index contributed by atoms with van der Waals surface area (Å²) in [7, 11) is 0. The van der Waals surface area contributed by atoms with Gasteiger partial charge in [0.1, 0.15) is 0 Å². The molecule has 1 aliphatic carbocycles. The molecule has 1 unspecified atom stereocenters. The summed E-state index contributed by atoms with van der Waals surface area (Å²) in [6.07, 6.45) is 9.66. The number of aliphatic hydroxyl groups excluding tert-OH is 1. The third-order valence-corrected chi connectivity index (χ3v) is 2.68. The Bertz CT molecular complexity index is 307. The number of aliphatic hydroxyl groups is 1. The SMILES string of the molecule is OC(CC[c-]1cccc1)C1C=CC=C1. The van der Waals surface area contributed by atoms with Gasteiger partial charge in [-0.3, -0.25) is 0 Å². The van der Waals surface area contributed by atoms with Crippen LogP contribution in [0.1, 0.15) is 12.0 Å². The minimum Gasteiger partial charge on any atom is -0.392 e. The summed E-state index contributed by atoms with van der Waals surface area (Å²) >= 11 is 0. The van der Waals surface area contributed by atoms with E-state index in [0.717, 1.165) is 12.8 Å². The van der Waals surface area contributed by atoms with Gasteiger partial charge in [-0.2, -0.15) is 17.7 Å². The van der Waals surface area contributed by atoms with Crippen molar-refractivity contribution in [2.24, 2.45) is 5.92 Å². The maximum atomic E-state index is 9.85. The van der Waals surface area contributed by atoms with Crippen LogP contribution in [0.5, 0.6) is 0 Å². The zero-order valence-corrected chi connectivity index (χ0v) is 8.13. The molecule has 2 rings (SSSR count). The summed E-state index contributed by atoms with van der Waals surface area (Å²) in [5.41, 5.74) is 1.31. The molecule has 1 atom stereocenters. The summed E-state index contributed by atoms with van der Waals surface area (Å²) in [5.74, 6) is 0.227. The van der Waals surface area contributed by atoms with E-state index in [0.29, 0.717) is 0 Å². The van der Waals surface area contributed by atoms with Crippen molar-refractivity contribution in [3.8, 4) is 0 Å². The van der Waals surface area contributed by atoms with Crippen LogP contribution in [-0.2, 0) is 6.42 Å². The summed E-state index contributed by atoms with van der Waals surface area (Å²) < 4.78 is 0. The van der Waals surface area contributed by atoms with Gasteiger partial charge < -0.3 is 5.11 Å². The molecule has 0 fully saturated rings. The maximum absolute atomic E-state index is 9.85. The highest BCUT2D eigenvalue weighted by atomic mass is 16.3. The van der Waals surface area contributed by atoms with Crippen molar-refractivity contribution in [3.05, 3.63) is 54.1 Å². The van der Waals surface area contributed by atoms with E-state index >= 15 is 0 Å². The monoisotopic (exact) mass is 187 g/mol. The highest BCUT2D eigenvalue weighted by Crippen LogP contribution is 2.18. The standard InChI is InChI=1S/C13H15O/c14-13(12-7-3-4-8-12)10-9-11-5-1-2-6-11/h1-8,12-14H,9-10H2/q-1. The lowest BCUT2D eigenvalue weighted by atomic mass is 9.98. The molecule has 0 aromatic heterocycles. The minimum atomic E-state index is -0.236. The Balaban J connectivity index is 1.80. The zero-order valence-electron chi connectivity index (χ0n) is 8.13. The Labute approximate surface area is 84.7 Å². The second-order valence-corrected chi connectivity index (χ2v) is 3.75. The predicted octanol–water partition coefficient (Wildman–Crippen LogP) is 2.44. The quantitative estimate of drug-likeness (QED) is 0.718. The molecule has 1 aromatic rings. The van der Waals surface area contributed by atoms with E-state index < -0.39 is 0 Å². The van der Waals surface area contributed by atoms with E-state index in [1.807, 2.05) is 24.3 Å². The molecule has 0 heterocycles. The van der Waals surface area contributed by atoms with E-state index in [1.165, 1.54) is 5.56 Å². The van der Waals surface area contributed by atoms with E-state index in [4.69, 9.17) is 0 Å². The predicted molar refractivity (Wildman–Crippen MR) is 58.1 cm³/mol. The minimum absolute atomic E-state index is 0.227. The molecule has 0 saturated carbocycles. The fourth-order valence-corrected chi connectivity index (χ4v) is 1.79. The first-order valence-electron chi connectivity index (χ1n) is 5.10. The van der Waals surface area contributed by atoms with Crippen LogP contribution in [0.25, 0.3) is 0 Å². The second-order valence-electron chi connectivity index (χ2n) is 3.75. The fourth-order valence-electron chi connectivity index (χ4n) is 1.79. The van der Waals surface area contributed by atoms with Crippen molar-refractivity contribution in [1.82, 2.24) is 0 Å². The average molecular weight is 187 g/mol. The summed E-state index contributed by atoms with van der Waals surface area (Å²) in [4.78, 5) is 0. The summed E-state index contributed by atoms with van der Waals surface area (Å²) in [6, 6.07) is 8.29. The van der Waals surface area contributed by atoms with Crippen molar-refractivity contribution in [2.75, 3.05) is 0 Å². The van der Waals surface area contributed by atoms with Gasteiger partial charge in [0.25, 0.3) is 0 Å². The topological polar surface area (TPSA) is 20.2 Å². The van der Waals surface area contributed by atoms with Crippen LogP contribution in [0.4, 0.5) is 0 Å². The van der Waals surface area contributed by atoms with Crippen LogP contribution in [-0.4, -0.2) is 11.2 Å². The molecule has 74 valence electrons. The highest BCUT2D eigenvalue weighted by molar-refractivity contribution is 5.20. The lowest BCUT2D eigenvalue weighted by Crippen LogP contribution is -2.16. The van der Waals surface area contributed by atoms with Gasteiger partial charge in [-0.25, -0.2) is 12.1 Å². The summed E-state index contributed by atoms with van der Waals surface area (Å²) in [6.45, 7) is 0. The van der Waals surface area contributed by atoms with Gasteiger partial charge in [-0.05, 0) is 6.42 Å². The lowest BCUT2D eigenvalue weighted by molar-refractivity contribution is 0.140. The number of allylic oxidation sites excluding steroid dienone is 2. The van der Waals surface area contributed by atoms with Gasteiger partial charge in [0.15, 0.2) is 0 Å². The largest absolute Gasteiger partial charge is 0.392 e. The number of rotatable bonds is 4. The fraction of sp³-hybridized carbons (Fsp3) is 0.308. The normalized spacial score (nSPS) is 17.8. The Morgan fingerprint density at radius 2 is 1.79 bits per heavy atom. The molecule has 1 nitrogen and oxygen atoms in total. The van der Waals surface area contributed by atoms with Crippen molar-refractivity contribution in [3.63, 3.8) is 0 Å². The molecular formula is C13H15O-. The Morgan fingerprint density at radius 3 is 2.43 bits per heavy atom. The molecular weight excluding hydrogens is 172 g/mol. The molecule has 0 aliphatic heterocycles. The Morgan fingerprint density at radius 1 is 1.14 bits per heavy atom. The van der Waals surface area contributed by atoms with E-state index in [-0.39, 0.29) is 12.0 Å². The van der Waals surface area contributed by atoms with Crippen LogP contribution < -0.4 is 0 Å². The molecule has 14 heavy (non-hydrogen) atoms. The third-order valence-electron chi connectivity index (χ3n) is 2.68. The molecule has 0 spiro atoms. The van der Waals surface area contributed by atoms with E-state index in [2.05, 4.69) is 24.3 Å². The molecule has 1 aliphatic rings. The molecule has 1 N–H and O–H groups in total. The lowest BCUT2D eigenvalue weighted by Gasteiger charge is -2.15. The molecule has 0 saturated heterocycles. The first-order valence-corrected chi connectivity index (χ1v) is 5.10. The average Bonchev–Trinajstić information content (AvgIpc) is 2.87. The smallest absolute Gasteiger partial charge is 0.0631 e. The van der Waals surface area contributed by atoms with Crippen LogP contribution >= 0.6 is 0 Å². The first-order chi connectivity index (χ1) is 6.86. The summed E-state index contributed by atoms with van der Waals surface area (Å²) in [5, 5.41) is 9.85. The Hall–Kier alpha value is -1.21. The molecule has 0 amide bonds. The van der Waals surface area contributed by atoms with Crippen molar-refractivity contribution < 1.29 is 5.11 Å². The van der Waals surface area contributed by atoms with Crippen molar-refractivity contribution in [2.45, 2.75) is 18.9 Å². The molecule has 1 aromatic carbocycles. The highest BCUT2D eigenvalue weighted by Gasteiger charge is 2.14. The van der Waals surface area contributed by atoms with Crippen LogP contribution in [0.15, 0.2) is 48.6 Å². The molecule has 0 radical (unpaired) electrons. The number of hydrogen-bond acceptors (Lipinski definition) is 1. The van der Waals surface area contributed by atoms with Crippen LogP contribution in [0, 0.1) is 5.92 Å². The van der Waals surface area contributed by atoms with Gasteiger partial charge in [0.2, 0.25) is 0 Å². The first kappa shape index (κ1) is 9.35. The van der Waals surface area contributed by atoms with Gasteiger partial charge >= 0.3 is 0 Å².